The summed E-state index contributed by atoms with van der Waals surface area (Å²) in [6, 6.07) is 8.18. The molecule has 1 aromatic rings. The molecular formula is C19H28N2O2. The van der Waals surface area contributed by atoms with Crippen LogP contribution in [0.1, 0.15) is 38.5 Å². The van der Waals surface area contributed by atoms with Gasteiger partial charge in [-0.25, -0.2) is 0 Å². The van der Waals surface area contributed by atoms with Crippen LogP contribution in [0.15, 0.2) is 24.3 Å². The lowest BCUT2D eigenvalue weighted by Gasteiger charge is -2.37. The number of ether oxygens (including phenoxy) is 1. The van der Waals surface area contributed by atoms with Gasteiger partial charge in [-0.3, -0.25) is 4.79 Å². The van der Waals surface area contributed by atoms with E-state index < -0.39 is 0 Å². The fraction of sp³-hybridized carbons (Fsp3) is 0.632. The summed E-state index contributed by atoms with van der Waals surface area (Å²) in [5, 5.41) is 0. The van der Waals surface area contributed by atoms with Crippen LogP contribution in [0, 0.1) is 5.92 Å². The predicted molar refractivity (Wildman–Crippen MR) is 93.0 cm³/mol. The molecule has 0 aromatic heterocycles. The molecule has 0 radical (unpaired) electrons. The van der Waals surface area contributed by atoms with Gasteiger partial charge in [0.25, 0.3) is 0 Å². The van der Waals surface area contributed by atoms with E-state index in [9.17, 15) is 4.79 Å². The fourth-order valence-corrected chi connectivity index (χ4v) is 3.77. The number of piperazine rings is 1. The van der Waals surface area contributed by atoms with Crippen molar-refractivity contribution < 1.29 is 9.53 Å². The fourth-order valence-electron chi connectivity index (χ4n) is 3.77. The van der Waals surface area contributed by atoms with Crippen LogP contribution in [0.4, 0.5) is 5.69 Å². The SMILES string of the molecule is COc1ccc(N2CCN(C(=O)CC3CCCCC3)CC2)cc1. The first-order valence-corrected chi connectivity index (χ1v) is 8.93. The molecule has 1 aromatic carbocycles. The predicted octanol–water partition coefficient (Wildman–Crippen LogP) is 3.31. The normalized spacial score (nSPS) is 19.7. The molecular weight excluding hydrogens is 288 g/mol. The lowest BCUT2D eigenvalue weighted by atomic mass is 9.86. The number of methoxy groups -OCH3 is 1. The second-order valence-electron chi connectivity index (χ2n) is 6.77. The van der Waals surface area contributed by atoms with Crippen molar-refractivity contribution in [2.75, 3.05) is 38.2 Å². The van der Waals surface area contributed by atoms with Crippen molar-refractivity contribution >= 4 is 11.6 Å². The van der Waals surface area contributed by atoms with Crippen LogP contribution >= 0.6 is 0 Å². The Morgan fingerprint density at radius 2 is 1.70 bits per heavy atom. The molecule has 1 amide bonds. The number of rotatable bonds is 4. The van der Waals surface area contributed by atoms with E-state index >= 15 is 0 Å². The number of carbonyl (C=O) groups is 1. The van der Waals surface area contributed by atoms with Gasteiger partial charge >= 0.3 is 0 Å². The van der Waals surface area contributed by atoms with Gasteiger partial charge in [-0.15, -0.1) is 0 Å². The summed E-state index contributed by atoms with van der Waals surface area (Å²) < 4.78 is 5.21. The monoisotopic (exact) mass is 316 g/mol. The number of nitrogens with zero attached hydrogens (tertiary/aromatic N) is 2. The molecule has 1 saturated heterocycles. The van der Waals surface area contributed by atoms with Gasteiger partial charge < -0.3 is 14.5 Å². The minimum atomic E-state index is 0.367. The zero-order valence-electron chi connectivity index (χ0n) is 14.2. The average Bonchev–Trinajstić information content (AvgIpc) is 2.63. The first-order chi connectivity index (χ1) is 11.3. The van der Waals surface area contributed by atoms with Crippen molar-refractivity contribution in [1.29, 1.82) is 0 Å². The lowest BCUT2D eigenvalue weighted by Crippen LogP contribution is -2.49. The number of amides is 1. The second-order valence-corrected chi connectivity index (χ2v) is 6.77. The average molecular weight is 316 g/mol. The largest absolute Gasteiger partial charge is 0.497 e. The molecule has 1 aliphatic heterocycles. The third kappa shape index (κ3) is 4.18. The van der Waals surface area contributed by atoms with E-state index in [0.717, 1.165) is 38.3 Å². The summed E-state index contributed by atoms with van der Waals surface area (Å²) in [6.07, 6.45) is 7.23. The summed E-state index contributed by atoms with van der Waals surface area (Å²) in [7, 11) is 1.69. The molecule has 126 valence electrons. The number of carbonyl (C=O) groups excluding carboxylic acids is 1. The highest BCUT2D eigenvalue weighted by Crippen LogP contribution is 2.27. The Balaban J connectivity index is 1.48. The Labute approximate surface area is 139 Å². The summed E-state index contributed by atoms with van der Waals surface area (Å²) in [6.45, 7) is 3.53. The second kappa shape index (κ2) is 7.71. The van der Waals surface area contributed by atoms with Gasteiger partial charge in [0.2, 0.25) is 5.91 Å². The third-order valence-corrected chi connectivity index (χ3v) is 5.26. The molecule has 0 atom stereocenters. The van der Waals surface area contributed by atoms with Gasteiger partial charge in [0, 0.05) is 38.3 Å². The summed E-state index contributed by atoms with van der Waals surface area (Å²) in [5.74, 6) is 1.89. The Morgan fingerprint density at radius 1 is 1.04 bits per heavy atom. The van der Waals surface area contributed by atoms with Crippen molar-refractivity contribution in [2.24, 2.45) is 5.92 Å². The molecule has 2 fully saturated rings. The van der Waals surface area contributed by atoms with Gasteiger partial charge in [0.05, 0.1) is 7.11 Å². The van der Waals surface area contributed by atoms with E-state index in [2.05, 4.69) is 21.9 Å². The van der Waals surface area contributed by atoms with Gasteiger partial charge in [0.1, 0.15) is 5.75 Å². The summed E-state index contributed by atoms with van der Waals surface area (Å²) >= 11 is 0. The summed E-state index contributed by atoms with van der Waals surface area (Å²) in [5.41, 5.74) is 1.21. The van der Waals surface area contributed by atoms with E-state index in [-0.39, 0.29) is 0 Å². The number of anilines is 1. The zero-order valence-corrected chi connectivity index (χ0v) is 14.2. The Bertz CT molecular complexity index is 501. The third-order valence-electron chi connectivity index (χ3n) is 5.26. The van der Waals surface area contributed by atoms with Crippen molar-refractivity contribution in [3.63, 3.8) is 0 Å². The highest BCUT2D eigenvalue weighted by Gasteiger charge is 2.24. The molecule has 3 rings (SSSR count). The Morgan fingerprint density at radius 3 is 2.30 bits per heavy atom. The van der Waals surface area contributed by atoms with Gasteiger partial charge in [-0.2, -0.15) is 0 Å². The van der Waals surface area contributed by atoms with Crippen LogP contribution in [0.25, 0.3) is 0 Å². The van der Waals surface area contributed by atoms with E-state index in [1.165, 1.54) is 37.8 Å². The Hall–Kier alpha value is -1.71. The number of benzene rings is 1. The van der Waals surface area contributed by atoms with Gasteiger partial charge in [-0.05, 0) is 43.0 Å². The highest BCUT2D eigenvalue weighted by atomic mass is 16.5. The molecule has 2 aliphatic rings. The topological polar surface area (TPSA) is 32.8 Å². The lowest BCUT2D eigenvalue weighted by molar-refractivity contribution is -0.132. The van der Waals surface area contributed by atoms with Crippen LogP contribution in [0.2, 0.25) is 0 Å². The maximum Gasteiger partial charge on any atom is 0.222 e. The van der Waals surface area contributed by atoms with Crippen molar-refractivity contribution in [3.05, 3.63) is 24.3 Å². The summed E-state index contributed by atoms with van der Waals surface area (Å²) in [4.78, 5) is 16.9. The zero-order chi connectivity index (χ0) is 16.1. The molecule has 4 heteroatoms. The van der Waals surface area contributed by atoms with E-state index in [4.69, 9.17) is 4.74 Å². The number of hydrogen-bond acceptors (Lipinski definition) is 3. The van der Waals surface area contributed by atoms with Crippen LogP contribution in [0.5, 0.6) is 5.75 Å². The molecule has 0 spiro atoms. The maximum absolute atomic E-state index is 12.5. The quantitative estimate of drug-likeness (QED) is 0.854. The van der Waals surface area contributed by atoms with Crippen molar-refractivity contribution in [3.8, 4) is 5.75 Å². The van der Waals surface area contributed by atoms with E-state index in [0.29, 0.717) is 11.8 Å². The van der Waals surface area contributed by atoms with Crippen molar-refractivity contribution in [2.45, 2.75) is 38.5 Å². The molecule has 4 nitrogen and oxygen atoms in total. The minimum absolute atomic E-state index is 0.367. The molecule has 0 unspecified atom stereocenters. The molecule has 1 saturated carbocycles. The van der Waals surface area contributed by atoms with Crippen LogP contribution in [-0.4, -0.2) is 44.1 Å². The van der Waals surface area contributed by atoms with Crippen LogP contribution < -0.4 is 9.64 Å². The standard InChI is InChI=1S/C19H28N2O2/c1-23-18-9-7-17(8-10-18)20-11-13-21(14-12-20)19(22)15-16-5-3-2-4-6-16/h7-10,16H,2-6,11-15H2,1H3. The van der Waals surface area contributed by atoms with Gasteiger partial charge in [-0.1, -0.05) is 19.3 Å². The first-order valence-electron chi connectivity index (χ1n) is 8.93. The molecule has 0 N–H and O–H groups in total. The van der Waals surface area contributed by atoms with Crippen LogP contribution in [-0.2, 0) is 4.79 Å². The highest BCUT2D eigenvalue weighted by molar-refractivity contribution is 5.76. The van der Waals surface area contributed by atoms with Crippen LogP contribution in [0.3, 0.4) is 0 Å². The molecule has 1 aliphatic carbocycles. The van der Waals surface area contributed by atoms with Gasteiger partial charge in [0.15, 0.2) is 0 Å². The molecule has 1 heterocycles. The van der Waals surface area contributed by atoms with E-state index in [1.807, 2.05) is 12.1 Å². The Kier molecular flexibility index (Phi) is 5.42. The smallest absolute Gasteiger partial charge is 0.222 e. The van der Waals surface area contributed by atoms with E-state index in [1.54, 1.807) is 7.11 Å². The minimum Gasteiger partial charge on any atom is -0.497 e. The number of hydrogen-bond donors (Lipinski definition) is 0. The molecule has 23 heavy (non-hydrogen) atoms. The van der Waals surface area contributed by atoms with Crippen molar-refractivity contribution in [1.82, 2.24) is 4.90 Å². The first kappa shape index (κ1) is 16.2. The maximum atomic E-state index is 12.5. The molecule has 0 bridgehead atoms.